The van der Waals surface area contributed by atoms with Gasteiger partial charge in [-0.25, -0.2) is 9.97 Å². The Kier molecular flexibility index (Phi) is 11.0. The number of nitrogens with zero attached hydrogens (tertiary/aromatic N) is 6. The maximum atomic E-state index is 12.4. The van der Waals surface area contributed by atoms with Crippen LogP contribution in [0.15, 0.2) is 23.5 Å². The fourth-order valence-corrected chi connectivity index (χ4v) is 2.94. The molecule has 0 aliphatic carbocycles. The molecule has 0 radical (unpaired) electrons. The number of piperazine rings is 1. The van der Waals surface area contributed by atoms with E-state index < -0.39 is 0 Å². The van der Waals surface area contributed by atoms with Crippen LogP contribution in [0.3, 0.4) is 0 Å². The highest BCUT2D eigenvalue weighted by molar-refractivity contribution is 14.0. The van der Waals surface area contributed by atoms with E-state index in [0.29, 0.717) is 26.1 Å². The lowest BCUT2D eigenvalue weighted by Crippen LogP contribution is -2.50. The van der Waals surface area contributed by atoms with Gasteiger partial charge in [-0.05, 0) is 12.5 Å². The highest BCUT2D eigenvalue weighted by atomic mass is 127. The van der Waals surface area contributed by atoms with Crippen molar-refractivity contribution in [3.05, 3.63) is 18.5 Å². The zero-order valence-corrected chi connectivity index (χ0v) is 18.9. The summed E-state index contributed by atoms with van der Waals surface area (Å²) in [7, 11) is 3.80. The minimum absolute atomic E-state index is 0. The number of anilines is 1. The third kappa shape index (κ3) is 7.47. The van der Waals surface area contributed by atoms with Crippen molar-refractivity contribution in [3.8, 4) is 0 Å². The van der Waals surface area contributed by atoms with Crippen molar-refractivity contribution in [3.63, 3.8) is 0 Å². The number of aliphatic imine (C=N–C) groups is 1. The van der Waals surface area contributed by atoms with Crippen LogP contribution in [0.5, 0.6) is 0 Å². The molecule has 1 aliphatic heterocycles. The second-order valence-corrected chi connectivity index (χ2v) is 6.42. The fraction of sp³-hybridized carbons (Fsp3) is 0.667. The monoisotopic (exact) mass is 489 g/mol. The first-order chi connectivity index (χ1) is 12.7. The Bertz CT molecular complexity index is 576. The molecule has 2 rings (SSSR count). The zero-order valence-electron chi connectivity index (χ0n) is 16.6. The molecule has 0 unspecified atom stereocenters. The Labute approximate surface area is 179 Å². The van der Waals surface area contributed by atoms with Gasteiger partial charge in [-0.2, -0.15) is 0 Å². The van der Waals surface area contributed by atoms with E-state index in [1.54, 1.807) is 19.4 Å². The average molecular weight is 489 g/mol. The van der Waals surface area contributed by atoms with Gasteiger partial charge in [0.2, 0.25) is 11.9 Å². The maximum absolute atomic E-state index is 12.4. The van der Waals surface area contributed by atoms with Crippen LogP contribution in [0.1, 0.15) is 26.2 Å². The highest BCUT2D eigenvalue weighted by Crippen LogP contribution is 2.10. The molecular weight excluding hydrogens is 457 g/mol. The molecule has 0 bridgehead atoms. The van der Waals surface area contributed by atoms with Gasteiger partial charge in [0, 0.05) is 72.2 Å². The number of rotatable bonds is 7. The molecule has 9 heteroatoms. The Balaban J connectivity index is 0.00000364. The molecule has 2 heterocycles. The number of amides is 1. The maximum Gasteiger partial charge on any atom is 0.225 e. The molecule has 1 aliphatic rings. The number of halogens is 1. The van der Waals surface area contributed by atoms with Crippen molar-refractivity contribution < 1.29 is 4.79 Å². The number of hydrogen-bond donors (Lipinski definition) is 1. The number of carbonyl (C=O) groups is 1. The third-order valence-electron chi connectivity index (χ3n) is 4.51. The normalized spacial score (nSPS) is 14.6. The number of carbonyl (C=O) groups excluding carboxylic acids is 1. The lowest BCUT2D eigenvalue weighted by molar-refractivity contribution is -0.131. The number of unbranched alkanes of at least 4 members (excludes halogenated alkanes) is 1. The average Bonchev–Trinajstić information content (AvgIpc) is 2.70. The van der Waals surface area contributed by atoms with Gasteiger partial charge in [-0.15, -0.1) is 24.0 Å². The van der Waals surface area contributed by atoms with Gasteiger partial charge in [0.25, 0.3) is 0 Å². The van der Waals surface area contributed by atoms with E-state index in [-0.39, 0.29) is 29.9 Å². The Morgan fingerprint density at radius 1 is 1.26 bits per heavy atom. The lowest BCUT2D eigenvalue weighted by atomic mass is 10.3. The summed E-state index contributed by atoms with van der Waals surface area (Å²) >= 11 is 0. The second kappa shape index (κ2) is 12.7. The Morgan fingerprint density at radius 3 is 2.52 bits per heavy atom. The molecule has 8 nitrogen and oxygen atoms in total. The van der Waals surface area contributed by atoms with Crippen LogP contribution < -0.4 is 10.2 Å². The van der Waals surface area contributed by atoms with Crippen LogP contribution in [-0.4, -0.2) is 85.0 Å². The number of nitrogens with one attached hydrogen (secondary N) is 1. The van der Waals surface area contributed by atoms with Gasteiger partial charge < -0.3 is 20.0 Å². The number of guanidine groups is 1. The van der Waals surface area contributed by atoms with Gasteiger partial charge in [0.1, 0.15) is 0 Å². The molecule has 0 aromatic carbocycles. The van der Waals surface area contributed by atoms with Gasteiger partial charge in [-0.3, -0.25) is 9.79 Å². The van der Waals surface area contributed by atoms with Gasteiger partial charge >= 0.3 is 0 Å². The summed E-state index contributed by atoms with van der Waals surface area (Å²) in [6.45, 7) is 6.70. The molecular formula is C18H32IN7O. The van der Waals surface area contributed by atoms with Crippen LogP contribution in [0.2, 0.25) is 0 Å². The van der Waals surface area contributed by atoms with Crippen molar-refractivity contribution in [2.45, 2.75) is 26.2 Å². The van der Waals surface area contributed by atoms with Gasteiger partial charge in [0.05, 0.1) is 0 Å². The van der Waals surface area contributed by atoms with E-state index in [1.165, 1.54) is 0 Å². The summed E-state index contributed by atoms with van der Waals surface area (Å²) in [6.07, 6.45) is 6.25. The lowest BCUT2D eigenvalue weighted by Gasteiger charge is -2.34. The molecule has 0 saturated carbocycles. The molecule has 1 N–H and O–H groups in total. The van der Waals surface area contributed by atoms with E-state index >= 15 is 0 Å². The quantitative estimate of drug-likeness (QED) is 0.355. The van der Waals surface area contributed by atoms with Crippen LogP contribution in [0.4, 0.5) is 5.95 Å². The molecule has 27 heavy (non-hydrogen) atoms. The third-order valence-corrected chi connectivity index (χ3v) is 4.51. The first-order valence-corrected chi connectivity index (χ1v) is 9.37. The SMILES string of the molecule is CCCCN(C)C(=NC)NCCC(=O)N1CCN(c2ncccn2)CC1.I. The molecule has 1 fully saturated rings. The minimum Gasteiger partial charge on any atom is -0.356 e. The second-order valence-electron chi connectivity index (χ2n) is 6.42. The van der Waals surface area contributed by atoms with Crippen LogP contribution in [0, 0.1) is 0 Å². The highest BCUT2D eigenvalue weighted by Gasteiger charge is 2.22. The molecule has 1 aromatic heterocycles. The topological polar surface area (TPSA) is 77.0 Å². The van der Waals surface area contributed by atoms with E-state index in [9.17, 15) is 4.79 Å². The van der Waals surface area contributed by atoms with Crippen molar-refractivity contribution in [1.29, 1.82) is 0 Å². The van der Waals surface area contributed by atoms with E-state index in [4.69, 9.17) is 0 Å². The zero-order chi connectivity index (χ0) is 18.8. The van der Waals surface area contributed by atoms with E-state index in [0.717, 1.165) is 44.4 Å². The molecule has 0 spiro atoms. The molecule has 1 aromatic rings. The number of aromatic nitrogens is 2. The largest absolute Gasteiger partial charge is 0.356 e. The standard InChI is InChI=1S/C18H31N7O.HI/c1-4-5-11-23(3)17(19-2)22-10-7-16(26)24-12-14-25(15-13-24)18-20-8-6-9-21-18;/h6,8-9H,4-5,7,10-15H2,1-3H3,(H,19,22);1H. The fourth-order valence-electron chi connectivity index (χ4n) is 2.94. The number of hydrogen-bond acceptors (Lipinski definition) is 5. The summed E-state index contributed by atoms with van der Waals surface area (Å²) in [4.78, 5) is 31.4. The smallest absolute Gasteiger partial charge is 0.225 e. The predicted molar refractivity (Wildman–Crippen MR) is 120 cm³/mol. The predicted octanol–water partition coefficient (Wildman–Crippen LogP) is 1.44. The first-order valence-electron chi connectivity index (χ1n) is 9.37. The van der Waals surface area contributed by atoms with Crippen molar-refractivity contribution in [1.82, 2.24) is 25.1 Å². The molecule has 0 atom stereocenters. The molecule has 1 saturated heterocycles. The summed E-state index contributed by atoms with van der Waals surface area (Å²) in [5.41, 5.74) is 0. The Hall–Kier alpha value is -1.65. The summed E-state index contributed by atoms with van der Waals surface area (Å²) < 4.78 is 0. The minimum atomic E-state index is 0. The molecule has 1 amide bonds. The van der Waals surface area contributed by atoms with Crippen molar-refractivity contribution in [2.24, 2.45) is 4.99 Å². The first kappa shape index (κ1) is 23.4. The van der Waals surface area contributed by atoms with Crippen molar-refractivity contribution >= 4 is 41.8 Å². The summed E-state index contributed by atoms with van der Waals surface area (Å²) in [5, 5.41) is 3.28. The van der Waals surface area contributed by atoms with Crippen LogP contribution >= 0.6 is 24.0 Å². The van der Waals surface area contributed by atoms with Crippen LogP contribution in [-0.2, 0) is 4.79 Å². The van der Waals surface area contributed by atoms with E-state index in [2.05, 4.69) is 37.0 Å². The summed E-state index contributed by atoms with van der Waals surface area (Å²) in [5.74, 6) is 1.76. The van der Waals surface area contributed by atoms with Gasteiger partial charge in [-0.1, -0.05) is 13.3 Å². The van der Waals surface area contributed by atoms with Crippen LogP contribution in [0.25, 0.3) is 0 Å². The van der Waals surface area contributed by atoms with Crippen molar-refractivity contribution in [2.75, 3.05) is 58.3 Å². The van der Waals surface area contributed by atoms with E-state index in [1.807, 2.05) is 18.0 Å². The summed E-state index contributed by atoms with van der Waals surface area (Å²) in [6, 6.07) is 1.81. The van der Waals surface area contributed by atoms with Gasteiger partial charge in [0.15, 0.2) is 5.96 Å². The molecule has 152 valence electrons. The Morgan fingerprint density at radius 2 is 1.93 bits per heavy atom.